The van der Waals surface area contributed by atoms with Crippen LogP contribution in [0.25, 0.3) is 10.9 Å². The number of hydrogen-bond acceptors (Lipinski definition) is 3. The fourth-order valence-electron chi connectivity index (χ4n) is 1.70. The summed E-state index contributed by atoms with van der Waals surface area (Å²) < 4.78 is 1.68. The van der Waals surface area contributed by atoms with Gasteiger partial charge in [-0.15, -0.1) is 0 Å². The zero-order chi connectivity index (χ0) is 10.4. The molecule has 1 aliphatic rings. The molecule has 3 rings (SSSR count). The Morgan fingerprint density at radius 1 is 1.40 bits per heavy atom. The van der Waals surface area contributed by atoms with Crippen LogP contribution in [-0.4, -0.2) is 9.55 Å². The van der Waals surface area contributed by atoms with Crippen LogP contribution in [-0.2, 0) is 6.54 Å². The van der Waals surface area contributed by atoms with Gasteiger partial charge in [0, 0.05) is 4.91 Å². The molecule has 1 aromatic carbocycles. The fourth-order valence-corrected chi connectivity index (χ4v) is 2.56. The minimum atomic E-state index is 0.0294. The van der Waals surface area contributed by atoms with Crippen LogP contribution in [0.4, 0.5) is 0 Å². The average molecular weight is 216 g/mol. The first-order valence-electron chi connectivity index (χ1n) is 4.61. The highest BCUT2D eigenvalue weighted by Gasteiger charge is 2.18. The number of nitrogens with zero attached hydrogens (tertiary/aromatic N) is 2. The van der Waals surface area contributed by atoms with E-state index in [9.17, 15) is 4.79 Å². The van der Waals surface area contributed by atoms with Gasteiger partial charge in [0.15, 0.2) is 5.16 Å². The summed E-state index contributed by atoms with van der Waals surface area (Å²) in [5.74, 6) is 0. The molecule has 0 unspecified atom stereocenters. The molecule has 0 fully saturated rings. The molecule has 0 amide bonds. The van der Waals surface area contributed by atoms with Gasteiger partial charge >= 0.3 is 0 Å². The molecule has 1 aromatic heterocycles. The largest absolute Gasteiger partial charge is 0.282 e. The third kappa shape index (κ3) is 1.22. The molecule has 1 aliphatic heterocycles. The van der Waals surface area contributed by atoms with Crippen LogP contribution in [0.15, 0.2) is 45.7 Å². The number of fused-ring (bicyclic) bond motifs is 2. The quantitative estimate of drug-likeness (QED) is 0.632. The Kier molecular flexibility index (Phi) is 1.73. The van der Waals surface area contributed by atoms with Crippen molar-refractivity contribution in [1.29, 1.82) is 0 Å². The van der Waals surface area contributed by atoms with E-state index in [1.165, 1.54) is 11.8 Å². The molecule has 15 heavy (non-hydrogen) atoms. The number of benzene rings is 1. The van der Waals surface area contributed by atoms with Crippen molar-refractivity contribution >= 4 is 22.7 Å². The Hall–Kier alpha value is -1.55. The zero-order valence-electron chi connectivity index (χ0n) is 7.93. The molecular formula is C11H8N2OS. The van der Waals surface area contributed by atoms with Gasteiger partial charge in [0.2, 0.25) is 0 Å². The Balaban J connectivity index is 2.45. The van der Waals surface area contributed by atoms with Gasteiger partial charge in [0.25, 0.3) is 5.56 Å². The van der Waals surface area contributed by atoms with E-state index in [1.54, 1.807) is 4.57 Å². The first-order valence-corrected chi connectivity index (χ1v) is 5.42. The molecule has 0 spiro atoms. The number of hydrogen-bond donors (Lipinski definition) is 0. The number of rotatable bonds is 0. The van der Waals surface area contributed by atoms with Crippen LogP contribution in [0.3, 0.4) is 0 Å². The van der Waals surface area contributed by atoms with Crippen molar-refractivity contribution in [3.8, 4) is 0 Å². The second-order valence-corrected chi connectivity index (χ2v) is 4.59. The SMILES string of the molecule is C=C1Cn2c(nc3ccccc3c2=O)S1. The van der Waals surface area contributed by atoms with E-state index in [1.807, 2.05) is 24.3 Å². The van der Waals surface area contributed by atoms with Crippen LogP contribution in [0.2, 0.25) is 0 Å². The van der Waals surface area contributed by atoms with Crippen molar-refractivity contribution in [2.75, 3.05) is 0 Å². The lowest BCUT2D eigenvalue weighted by atomic mass is 10.2. The topological polar surface area (TPSA) is 34.9 Å². The molecule has 0 bridgehead atoms. The molecule has 0 saturated carbocycles. The smallest absolute Gasteiger partial charge is 0.262 e. The molecule has 4 heteroatoms. The van der Waals surface area contributed by atoms with Gasteiger partial charge in [-0.25, -0.2) is 4.98 Å². The Morgan fingerprint density at radius 3 is 3.07 bits per heavy atom. The highest BCUT2D eigenvalue weighted by Crippen LogP contribution is 2.31. The summed E-state index contributed by atoms with van der Waals surface area (Å²) in [5, 5.41) is 1.43. The highest BCUT2D eigenvalue weighted by atomic mass is 32.2. The van der Waals surface area contributed by atoms with Crippen molar-refractivity contribution in [1.82, 2.24) is 9.55 Å². The zero-order valence-corrected chi connectivity index (χ0v) is 8.75. The van der Waals surface area contributed by atoms with Gasteiger partial charge in [-0.1, -0.05) is 30.5 Å². The van der Waals surface area contributed by atoms with Crippen LogP contribution in [0, 0.1) is 0 Å². The summed E-state index contributed by atoms with van der Waals surface area (Å²) in [5.41, 5.74) is 0.790. The maximum atomic E-state index is 12.0. The van der Waals surface area contributed by atoms with E-state index >= 15 is 0 Å². The standard InChI is InChI=1S/C11H8N2OS/c1-7-6-13-10(14)8-4-2-3-5-9(8)12-11(13)15-7/h2-5H,1,6H2. The molecular weight excluding hydrogens is 208 g/mol. The number of para-hydroxylation sites is 1. The molecule has 0 atom stereocenters. The maximum Gasteiger partial charge on any atom is 0.262 e. The van der Waals surface area contributed by atoms with Crippen molar-refractivity contribution in [3.63, 3.8) is 0 Å². The molecule has 0 saturated heterocycles. The van der Waals surface area contributed by atoms with Crippen molar-refractivity contribution in [2.24, 2.45) is 0 Å². The van der Waals surface area contributed by atoms with Gasteiger partial charge in [0.1, 0.15) is 0 Å². The Morgan fingerprint density at radius 2 is 2.20 bits per heavy atom. The lowest BCUT2D eigenvalue weighted by Crippen LogP contribution is -2.19. The molecule has 2 heterocycles. The normalized spacial score (nSPS) is 14.5. The molecule has 0 radical (unpaired) electrons. The Bertz CT molecular complexity index is 630. The van der Waals surface area contributed by atoms with E-state index in [0.29, 0.717) is 11.9 Å². The fraction of sp³-hybridized carbons (Fsp3) is 0.0909. The molecule has 0 N–H and O–H groups in total. The van der Waals surface area contributed by atoms with Crippen molar-refractivity contribution in [2.45, 2.75) is 11.7 Å². The summed E-state index contributed by atoms with van der Waals surface area (Å²) in [6, 6.07) is 7.42. The Labute approximate surface area is 90.4 Å². The van der Waals surface area contributed by atoms with Gasteiger partial charge in [0.05, 0.1) is 17.4 Å². The van der Waals surface area contributed by atoms with Crippen LogP contribution < -0.4 is 5.56 Å². The predicted octanol–water partition coefficient (Wildman–Crippen LogP) is 2.02. The molecule has 74 valence electrons. The van der Waals surface area contributed by atoms with E-state index in [-0.39, 0.29) is 5.56 Å². The van der Waals surface area contributed by atoms with Gasteiger partial charge in [-0.2, -0.15) is 0 Å². The lowest BCUT2D eigenvalue weighted by Gasteiger charge is -2.02. The van der Waals surface area contributed by atoms with E-state index in [0.717, 1.165) is 15.6 Å². The van der Waals surface area contributed by atoms with E-state index in [2.05, 4.69) is 11.6 Å². The summed E-state index contributed by atoms with van der Waals surface area (Å²) in [6.45, 7) is 4.44. The molecule has 2 aromatic rings. The minimum absolute atomic E-state index is 0.0294. The van der Waals surface area contributed by atoms with Gasteiger partial charge in [-0.05, 0) is 12.1 Å². The van der Waals surface area contributed by atoms with E-state index in [4.69, 9.17) is 0 Å². The number of thioether (sulfide) groups is 1. The first kappa shape index (κ1) is 8.73. The van der Waals surface area contributed by atoms with Crippen molar-refractivity contribution in [3.05, 3.63) is 46.1 Å². The van der Waals surface area contributed by atoms with Gasteiger partial charge < -0.3 is 0 Å². The third-order valence-electron chi connectivity index (χ3n) is 2.40. The lowest BCUT2D eigenvalue weighted by molar-refractivity contribution is 0.689. The van der Waals surface area contributed by atoms with E-state index < -0.39 is 0 Å². The summed E-state index contributed by atoms with van der Waals surface area (Å²) in [4.78, 5) is 17.4. The first-order chi connectivity index (χ1) is 7.25. The summed E-state index contributed by atoms with van der Waals surface area (Å²) in [6.07, 6.45) is 0. The van der Waals surface area contributed by atoms with Crippen LogP contribution in [0.5, 0.6) is 0 Å². The highest BCUT2D eigenvalue weighted by molar-refractivity contribution is 8.03. The number of allylic oxidation sites excluding steroid dienone is 1. The van der Waals surface area contributed by atoms with Crippen molar-refractivity contribution < 1.29 is 0 Å². The van der Waals surface area contributed by atoms with Gasteiger partial charge in [-0.3, -0.25) is 9.36 Å². The van der Waals surface area contributed by atoms with Crippen LogP contribution in [0.1, 0.15) is 0 Å². The second-order valence-electron chi connectivity index (χ2n) is 3.44. The third-order valence-corrected chi connectivity index (χ3v) is 3.31. The second kappa shape index (κ2) is 2.97. The average Bonchev–Trinajstić information content (AvgIpc) is 2.59. The minimum Gasteiger partial charge on any atom is -0.282 e. The monoisotopic (exact) mass is 216 g/mol. The molecule has 3 nitrogen and oxygen atoms in total. The summed E-state index contributed by atoms with van der Waals surface area (Å²) in [7, 11) is 0. The van der Waals surface area contributed by atoms with Crippen LogP contribution >= 0.6 is 11.8 Å². The predicted molar refractivity (Wildman–Crippen MR) is 61.0 cm³/mol. The molecule has 0 aliphatic carbocycles. The number of aromatic nitrogens is 2. The summed E-state index contributed by atoms with van der Waals surface area (Å²) >= 11 is 1.48. The maximum absolute atomic E-state index is 12.0.